The Kier molecular flexibility index (Phi) is 4.12. The molecular formula is C12H14N2O6S. The standard InChI is InChI=1S/C12H14N2O6S/c15-12(16)10-5-9(1-2-11(10)14(17)18)13-6-8-3-4-21(19,20)7-8/h1-2,5,8,13H,3-4,6-7H2,(H,15,16). The predicted molar refractivity (Wildman–Crippen MR) is 75.3 cm³/mol. The van der Waals surface area contributed by atoms with E-state index in [9.17, 15) is 23.3 Å². The summed E-state index contributed by atoms with van der Waals surface area (Å²) in [4.78, 5) is 21.0. The van der Waals surface area contributed by atoms with Crippen molar-refractivity contribution in [1.82, 2.24) is 0 Å². The molecule has 1 aromatic carbocycles. The molecule has 0 amide bonds. The Labute approximate surface area is 120 Å². The molecule has 2 rings (SSSR count). The first kappa shape index (κ1) is 15.2. The first-order valence-electron chi connectivity index (χ1n) is 6.24. The van der Waals surface area contributed by atoms with Gasteiger partial charge in [0.05, 0.1) is 16.4 Å². The minimum Gasteiger partial charge on any atom is -0.477 e. The second-order valence-corrected chi connectivity index (χ2v) is 7.17. The third-order valence-electron chi connectivity index (χ3n) is 3.35. The van der Waals surface area contributed by atoms with Crippen molar-refractivity contribution >= 4 is 27.2 Å². The summed E-state index contributed by atoms with van der Waals surface area (Å²) in [6.07, 6.45) is 0.564. The van der Waals surface area contributed by atoms with Gasteiger partial charge < -0.3 is 10.4 Å². The maximum absolute atomic E-state index is 11.3. The quantitative estimate of drug-likeness (QED) is 0.616. The van der Waals surface area contributed by atoms with Gasteiger partial charge in [-0.1, -0.05) is 0 Å². The van der Waals surface area contributed by atoms with Crippen LogP contribution in [0.25, 0.3) is 0 Å². The van der Waals surface area contributed by atoms with Crippen LogP contribution >= 0.6 is 0 Å². The van der Waals surface area contributed by atoms with Crippen LogP contribution in [-0.2, 0) is 9.84 Å². The minimum atomic E-state index is -2.96. The van der Waals surface area contributed by atoms with Crippen LogP contribution in [0.3, 0.4) is 0 Å². The van der Waals surface area contributed by atoms with Crippen LogP contribution in [-0.4, -0.2) is 42.5 Å². The first-order valence-corrected chi connectivity index (χ1v) is 8.06. The van der Waals surface area contributed by atoms with Gasteiger partial charge in [-0.25, -0.2) is 13.2 Å². The number of anilines is 1. The normalized spacial score (nSPS) is 20.1. The maximum Gasteiger partial charge on any atom is 0.342 e. The van der Waals surface area contributed by atoms with E-state index in [4.69, 9.17) is 5.11 Å². The topological polar surface area (TPSA) is 127 Å². The Balaban J connectivity index is 2.09. The van der Waals surface area contributed by atoms with E-state index >= 15 is 0 Å². The Morgan fingerprint density at radius 2 is 2.19 bits per heavy atom. The van der Waals surface area contributed by atoms with Gasteiger partial charge in [0.2, 0.25) is 0 Å². The largest absolute Gasteiger partial charge is 0.477 e. The molecule has 0 spiro atoms. The van der Waals surface area contributed by atoms with Gasteiger partial charge >= 0.3 is 5.97 Å². The van der Waals surface area contributed by atoms with Gasteiger partial charge in [0.15, 0.2) is 9.84 Å². The molecule has 0 saturated carbocycles. The molecule has 1 aromatic rings. The summed E-state index contributed by atoms with van der Waals surface area (Å²) in [5.74, 6) is -1.13. The molecule has 21 heavy (non-hydrogen) atoms. The third-order valence-corrected chi connectivity index (χ3v) is 5.18. The molecule has 114 valence electrons. The van der Waals surface area contributed by atoms with Gasteiger partial charge in [-0.2, -0.15) is 0 Å². The SMILES string of the molecule is O=C(O)c1cc(NCC2CCS(=O)(=O)C2)ccc1[N+](=O)[O-]. The zero-order valence-corrected chi connectivity index (χ0v) is 11.8. The lowest BCUT2D eigenvalue weighted by Crippen LogP contribution is -2.16. The minimum absolute atomic E-state index is 0.0292. The number of hydrogen-bond acceptors (Lipinski definition) is 6. The van der Waals surface area contributed by atoms with Crippen LogP contribution in [0.4, 0.5) is 11.4 Å². The molecule has 0 radical (unpaired) electrons. The zero-order chi connectivity index (χ0) is 15.6. The lowest BCUT2D eigenvalue weighted by molar-refractivity contribution is -0.385. The number of nitrogens with zero attached hydrogens (tertiary/aromatic N) is 1. The first-order chi connectivity index (χ1) is 9.78. The summed E-state index contributed by atoms with van der Waals surface area (Å²) >= 11 is 0. The highest BCUT2D eigenvalue weighted by Gasteiger charge is 2.27. The smallest absolute Gasteiger partial charge is 0.342 e. The van der Waals surface area contributed by atoms with Gasteiger partial charge in [-0.3, -0.25) is 10.1 Å². The number of carbonyl (C=O) groups is 1. The number of benzene rings is 1. The van der Waals surface area contributed by atoms with Crippen molar-refractivity contribution < 1.29 is 23.2 Å². The Morgan fingerprint density at radius 1 is 1.48 bits per heavy atom. The third kappa shape index (κ3) is 3.69. The highest BCUT2D eigenvalue weighted by atomic mass is 32.2. The number of nitro groups is 1. The Morgan fingerprint density at radius 3 is 2.71 bits per heavy atom. The van der Waals surface area contributed by atoms with Crippen LogP contribution in [0.15, 0.2) is 18.2 Å². The molecule has 0 bridgehead atoms. The molecule has 1 saturated heterocycles. The fourth-order valence-corrected chi connectivity index (χ4v) is 4.13. The molecular weight excluding hydrogens is 300 g/mol. The van der Waals surface area contributed by atoms with Crippen LogP contribution in [0.2, 0.25) is 0 Å². The van der Waals surface area contributed by atoms with Gasteiger partial charge in [-0.05, 0) is 24.5 Å². The molecule has 1 unspecified atom stereocenters. The maximum atomic E-state index is 11.3. The van der Waals surface area contributed by atoms with E-state index < -0.39 is 32.0 Å². The summed E-state index contributed by atoms with van der Waals surface area (Å²) in [7, 11) is -2.96. The van der Waals surface area contributed by atoms with Crippen LogP contribution in [0.1, 0.15) is 16.8 Å². The summed E-state index contributed by atoms with van der Waals surface area (Å²) in [6.45, 7) is 0.385. The van der Waals surface area contributed by atoms with Gasteiger partial charge in [0, 0.05) is 18.3 Å². The summed E-state index contributed by atoms with van der Waals surface area (Å²) in [5.41, 5.74) is -0.456. The average Bonchev–Trinajstić information content (AvgIpc) is 2.75. The van der Waals surface area contributed by atoms with Gasteiger partial charge in [0.1, 0.15) is 5.56 Å². The Bertz CT molecular complexity index is 685. The van der Waals surface area contributed by atoms with Crippen molar-refractivity contribution in [2.75, 3.05) is 23.4 Å². The average molecular weight is 314 g/mol. The lowest BCUT2D eigenvalue weighted by Gasteiger charge is -2.11. The molecule has 1 aliphatic rings. The van der Waals surface area contributed by atoms with Gasteiger partial charge in [0.25, 0.3) is 5.69 Å². The van der Waals surface area contributed by atoms with E-state index in [0.717, 1.165) is 6.07 Å². The molecule has 1 aliphatic heterocycles. The molecule has 0 aromatic heterocycles. The number of aromatic carboxylic acids is 1. The van der Waals surface area contributed by atoms with Crippen LogP contribution in [0, 0.1) is 16.0 Å². The predicted octanol–water partition coefficient (Wildman–Crippen LogP) is 1.14. The van der Waals surface area contributed by atoms with Crippen molar-refractivity contribution in [3.8, 4) is 0 Å². The van der Waals surface area contributed by atoms with E-state index in [0.29, 0.717) is 18.7 Å². The molecule has 8 nitrogen and oxygen atoms in total. The monoisotopic (exact) mass is 314 g/mol. The number of sulfone groups is 1. The van der Waals surface area contributed by atoms with E-state index in [1.165, 1.54) is 12.1 Å². The number of hydrogen-bond donors (Lipinski definition) is 2. The molecule has 2 N–H and O–H groups in total. The van der Waals surface area contributed by atoms with E-state index in [1.807, 2.05) is 0 Å². The second kappa shape index (κ2) is 5.68. The highest BCUT2D eigenvalue weighted by molar-refractivity contribution is 7.91. The molecule has 1 heterocycles. The molecule has 9 heteroatoms. The Hall–Kier alpha value is -2.16. The van der Waals surface area contributed by atoms with E-state index in [2.05, 4.69) is 5.32 Å². The van der Waals surface area contributed by atoms with Crippen molar-refractivity contribution in [3.63, 3.8) is 0 Å². The van der Waals surface area contributed by atoms with Crippen molar-refractivity contribution in [2.24, 2.45) is 5.92 Å². The molecule has 1 atom stereocenters. The molecule has 1 fully saturated rings. The lowest BCUT2D eigenvalue weighted by atomic mass is 10.1. The summed E-state index contributed by atoms with van der Waals surface area (Å²) < 4.78 is 22.7. The van der Waals surface area contributed by atoms with Crippen LogP contribution < -0.4 is 5.32 Å². The number of carboxylic acids is 1. The van der Waals surface area contributed by atoms with E-state index in [1.54, 1.807) is 0 Å². The fraction of sp³-hybridized carbons (Fsp3) is 0.417. The second-order valence-electron chi connectivity index (χ2n) is 4.94. The number of rotatable bonds is 5. The van der Waals surface area contributed by atoms with Crippen molar-refractivity contribution in [2.45, 2.75) is 6.42 Å². The van der Waals surface area contributed by atoms with Crippen molar-refractivity contribution in [1.29, 1.82) is 0 Å². The van der Waals surface area contributed by atoms with Gasteiger partial charge in [-0.15, -0.1) is 0 Å². The highest BCUT2D eigenvalue weighted by Crippen LogP contribution is 2.24. The number of nitro benzene ring substituents is 1. The van der Waals surface area contributed by atoms with Crippen molar-refractivity contribution in [3.05, 3.63) is 33.9 Å². The number of nitrogens with one attached hydrogen (secondary N) is 1. The summed E-state index contributed by atoms with van der Waals surface area (Å²) in [6, 6.07) is 3.72. The zero-order valence-electron chi connectivity index (χ0n) is 11.0. The number of carboxylic acid groups (broad SMARTS) is 1. The molecule has 0 aliphatic carbocycles. The summed E-state index contributed by atoms with van der Waals surface area (Å²) in [5, 5.41) is 22.6. The van der Waals surface area contributed by atoms with E-state index in [-0.39, 0.29) is 17.4 Å². The van der Waals surface area contributed by atoms with Crippen LogP contribution in [0.5, 0.6) is 0 Å². The fourth-order valence-electron chi connectivity index (χ4n) is 2.27.